The number of halogens is 1. The molecule has 1 N–H and O–H groups in total. The van der Waals surface area contributed by atoms with Crippen LogP contribution in [0.2, 0.25) is 5.02 Å². The summed E-state index contributed by atoms with van der Waals surface area (Å²) in [6.07, 6.45) is 0.363. The highest BCUT2D eigenvalue weighted by Gasteiger charge is 2.34. The van der Waals surface area contributed by atoms with E-state index in [0.717, 1.165) is 21.0 Å². The van der Waals surface area contributed by atoms with E-state index in [9.17, 15) is 18.0 Å². The van der Waals surface area contributed by atoms with Gasteiger partial charge in [0.1, 0.15) is 12.6 Å². The first kappa shape index (κ1) is 29.2. The molecule has 0 aliphatic rings. The highest BCUT2D eigenvalue weighted by Crippen LogP contribution is 2.29. The number of rotatable bonds is 10. The molecule has 0 spiro atoms. The summed E-state index contributed by atoms with van der Waals surface area (Å²) in [4.78, 5) is 28.3. The van der Waals surface area contributed by atoms with Gasteiger partial charge in [0, 0.05) is 18.6 Å². The van der Waals surface area contributed by atoms with Crippen LogP contribution >= 0.6 is 11.6 Å². The fourth-order valence-electron chi connectivity index (χ4n) is 4.34. The van der Waals surface area contributed by atoms with Gasteiger partial charge in [0.05, 0.1) is 10.6 Å². The predicted octanol–water partition coefficient (Wildman–Crippen LogP) is 5.01. The third-order valence-electron chi connectivity index (χ3n) is 6.38. The van der Waals surface area contributed by atoms with Gasteiger partial charge in [-0.2, -0.15) is 0 Å². The number of carbonyl (C=O) groups is 2. The maximum atomic E-state index is 14.0. The highest BCUT2D eigenvalue weighted by atomic mass is 35.5. The molecule has 7 nitrogen and oxygen atoms in total. The van der Waals surface area contributed by atoms with Gasteiger partial charge in [0.2, 0.25) is 11.8 Å². The van der Waals surface area contributed by atoms with E-state index in [4.69, 9.17) is 11.6 Å². The van der Waals surface area contributed by atoms with Gasteiger partial charge in [-0.15, -0.1) is 0 Å². The molecule has 1 atom stereocenters. The Bertz CT molecular complexity index is 1410. The second-order valence-electron chi connectivity index (χ2n) is 9.30. The summed E-state index contributed by atoms with van der Waals surface area (Å²) < 4.78 is 28.9. The zero-order chi connectivity index (χ0) is 28.0. The van der Waals surface area contributed by atoms with E-state index in [1.165, 1.54) is 24.1 Å². The summed E-state index contributed by atoms with van der Waals surface area (Å²) in [6, 6.07) is 18.2. The van der Waals surface area contributed by atoms with Crippen molar-refractivity contribution in [3.63, 3.8) is 0 Å². The van der Waals surface area contributed by atoms with Crippen molar-refractivity contribution in [2.75, 3.05) is 17.9 Å². The number of amides is 2. The van der Waals surface area contributed by atoms with Crippen LogP contribution in [-0.4, -0.2) is 44.8 Å². The summed E-state index contributed by atoms with van der Waals surface area (Å²) in [6.45, 7) is 7.05. The average Bonchev–Trinajstić information content (AvgIpc) is 2.87. The average molecular weight is 556 g/mol. The van der Waals surface area contributed by atoms with Crippen LogP contribution in [0.15, 0.2) is 71.6 Å². The van der Waals surface area contributed by atoms with E-state index >= 15 is 0 Å². The second-order valence-corrected chi connectivity index (χ2v) is 11.6. The van der Waals surface area contributed by atoms with Crippen LogP contribution < -0.4 is 9.62 Å². The highest BCUT2D eigenvalue weighted by molar-refractivity contribution is 7.92. The Morgan fingerprint density at radius 2 is 1.63 bits per heavy atom. The van der Waals surface area contributed by atoms with E-state index < -0.39 is 28.5 Å². The molecule has 202 valence electrons. The lowest BCUT2D eigenvalue weighted by molar-refractivity contribution is -0.140. The van der Waals surface area contributed by atoms with Crippen molar-refractivity contribution in [3.05, 3.63) is 94.0 Å². The van der Waals surface area contributed by atoms with E-state index in [1.54, 1.807) is 37.3 Å². The van der Waals surface area contributed by atoms with Crippen molar-refractivity contribution in [1.82, 2.24) is 10.2 Å². The molecular weight excluding hydrogens is 522 g/mol. The molecule has 1 unspecified atom stereocenters. The summed E-state index contributed by atoms with van der Waals surface area (Å²) in [5.74, 6) is -0.809. The van der Waals surface area contributed by atoms with E-state index in [2.05, 4.69) is 5.32 Å². The topological polar surface area (TPSA) is 86.8 Å². The van der Waals surface area contributed by atoms with Crippen LogP contribution in [0.1, 0.15) is 35.6 Å². The number of anilines is 1. The van der Waals surface area contributed by atoms with E-state index in [1.807, 2.05) is 45.0 Å². The number of aryl methyl sites for hydroxylation is 3. The molecule has 0 aliphatic heterocycles. The lowest BCUT2D eigenvalue weighted by atomic mass is 10.1. The number of nitrogens with zero attached hydrogens (tertiary/aromatic N) is 2. The largest absolute Gasteiger partial charge is 0.357 e. The number of hydrogen-bond acceptors (Lipinski definition) is 4. The van der Waals surface area contributed by atoms with Crippen molar-refractivity contribution in [2.45, 2.75) is 51.6 Å². The van der Waals surface area contributed by atoms with Crippen LogP contribution in [0.3, 0.4) is 0 Å². The lowest BCUT2D eigenvalue weighted by Gasteiger charge is -2.33. The first-order chi connectivity index (χ1) is 18.0. The zero-order valence-corrected chi connectivity index (χ0v) is 23.9. The van der Waals surface area contributed by atoms with Gasteiger partial charge in [-0.3, -0.25) is 13.9 Å². The number of benzene rings is 3. The van der Waals surface area contributed by atoms with Gasteiger partial charge in [-0.1, -0.05) is 66.0 Å². The minimum atomic E-state index is -4.13. The van der Waals surface area contributed by atoms with Crippen molar-refractivity contribution >= 4 is 39.1 Å². The van der Waals surface area contributed by atoms with Gasteiger partial charge in [-0.25, -0.2) is 8.42 Å². The normalized spacial score (nSPS) is 12.1. The Hall–Kier alpha value is -3.36. The maximum Gasteiger partial charge on any atom is 0.264 e. The summed E-state index contributed by atoms with van der Waals surface area (Å²) >= 11 is 6.15. The van der Waals surface area contributed by atoms with Crippen LogP contribution in [0.5, 0.6) is 0 Å². The minimum absolute atomic E-state index is 0.0637. The monoisotopic (exact) mass is 555 g/mol. The first-order valence-corrected chi connectivity index (χ1v) is 14.2. The quantitative estimate of drug-likeness (QED) is 0.381. The number of sulfonamides is 1. The fraction of sp³-hybridized carbons (Fsp3) is 0.310. The number of likely N-dealkylation sites (N-methyl/N-ethyl adjacent to an activating group) is 1. The molecule has 0 heterocycles. The Labute approximate surface area is 230 Å². The Morgan fingerprint density at radius 1 is 0.947 bits per heavy atom. The van der Waals surface area contributed by atoms with Gasteiger partial charge in [-0.05, 0) is 68.7 Å². The van der Waals surface area contributed by atoms with E-state index in [-0.39, 0.29) is 17.3 Å². The van der Waals surface area contributed by atoms with Crippen LogP contribution in [0.25, 0.3) is 0 Å². The second kappa shape index (κ2) is 12.5. The van der Waals surface area contributed by atoms with Crippen molar-refractivity contribution in [1.29, 1.82) is 0 Å². The molecule has 3 aromatic carbocycles. The molecule has 0 saturated carbocycles. The number of carbonyl (C=O) groups excluding carboxylic acids is 2. The molecule has 0 aromatic heterocycles. The third kappa shape index (κ3) is 6.74. The molecule has 0 radical (unpaired) electrons. The van der Waals surface area contributed by atoms with Crippen molar-refractivity contribution < 1.29 is 18.0 Å². The minimum Gasteiger partial charge on any atom is -0.357 e. The first-order valence-electron chi connectivity index (χ1n) is 12.4. The SMILES string of the molecule is CCC(C(=O)NC)N(Cc1cccc(C)c1)C(=O)CN(c1ccc(Cl)cc1C)S(=O)(=O)c1ccc(C)cc1. The Kier molecular flexibility index (Phi) is 9.57. The lowest BCUT2D eigenvalue weighted by Crippen LogP contribution is -2.51. The van der Waals surface area contributed by atoms with Crippen LogP contribution in [-0.2, 0) is 26.2 Å². The van der Waals surface area contributed by atoms with Crippen molar-refractivity contribution in [3.8, 4) is 0 Å². The van der Waals surface area contributed by atoms with Crippen molar-refractivity contribution in [2.24, 2.45) is 0 Å². The molecule has 0 saturated heterocycles. The number of nitrogens with one attached hydrogen (secondary N) is 1. The van der Waals surface area contributed by atoms with Gasteiger partial charge >= 0.3 is 0 Å². The Morgan fingerprint density at radius 3 is 2.21 bits per heavy atom. The predicted molar refractivity (Wildman–Crippen MR) is 152 cm³/mol. The van der Waals surface area contributed by atoms with Gasteiger partial charge in [0.25, 0.3) is 10.0 Å². The molecule has 9 heteroatoms. The Balaban J connectivity index is 2.10. The van der Waals surface area contributed by atoms with Crippen LogP contribution in [0.4, 0.5) is 5.69 Å². The maximum absolute atomic E-state index is 14.0. The van der Waals surface area contributed by atoms with Crippen LogP contribution in [0, 0.1) is 20.8 Å². The molecule has 3 aromatic rings. The fourth-order valence-corrected chi connectivity index (χ4v) is 6.05. The molecule has 3 rings (SSSR count). The molecule has 0 aliphatic carbocycles. The molecule has 2 amide bonds. The summed E-state index contributed by atoms with van der Waals surface area (Å²) in [5, 5.41) is 3.09. The molecule has 0 bridgehead atoms. The standard InChI is InChI=1S/C29H34ClN3O4S/c1-6-26(29(35)31-5)32(18-23-9-7-8-21(3)16-23)28(34)19-33(27-15-12-24(30)17-22(27)4)38(36,37)25-13-10-20(2)11-14-25/h7-17,26H,6,18-19H2,1-5H3,(H,31,35). The third-order valence-corrected chi connectivity index (χ3v) is 8.39. The molecular formula is C29H34ClN3O4S. The van der Waals surface area contributed by atoms with Gasteiger partial charge in [0.15, 0.2) is 0 Å². The zero-order valence-electron chi connectivity index (χ0n) is 22.4. The molecule has 0 fully saturated rings. The van der Waals surface area contributed by atoms with E-state index in [0.29, 0.717) is 22.7 Å². The molecule has 38 heavy (non-hydrogen) atoms. The summed E-state index contributed by atoms with van der Waals surface area (Å²) in [5.41, 5.74) is 3.71. The number of hydrogen-bond donors (Lipinski definition) is 1. The van der Waals surface area contributed by atoms with Gasteiger partial charge < -0.3 is 10.2 Å². The summed E-state index contributed by atoms with van der Waals surface area (Å²) in [7, 11) is -2.61. The smallest absolute Gasteiger partial charge is 0.264 e.